The number of carbonyl (C=O) groups excluding carboxylic acids is 4. The Morgan fingerprint density at radius 3 is 0.732 bits per heavy atom. The highest BCUT2D eigenvalue weighted by molar-refractivity contribution is 7.47. The van der Waals surface area contributed by atoms with Gasteiger partial charge in [0.2, 0.25) is 0 Å². The van der Waals surface area contributed by atoms with Gasteiger partial charge in [-0.2, -0.15) is 0 Å². The summed E-state index contributed by atoms with van der Waals surface area (Å²) < 4.78 is 68.5. The van der Waals surface area contributed by atoms with Gasteiger partial charge < -0.3 is 33.8 Å². The summed E-state index contributed by atoms with van der Waals surface area (Å²) in [6.07, 6.45) is 52.9. The lowest BCUT2D eigenvalue weighted by molar-refractivity contribution is -0.161. The first-order valence-corrected chi connectivity index (χ1v) is 43.3. The van der Waals surface area contributed by atoms with Crippen LogP contribution >= 0.6 is 15.6 Å². The Kier molecular flexibility index (Phi) is 65.9. The molecule has 0 aliphatic rings. The molecule has 0 bridgehead atoms. The molecule has 97 heavy (non-hydrogen) atoms. The Balaban J connectivity index is 5.18. The van der Waals surface area contributed by atoms with E-state index in [2.05, 4.69) is 55.4 Å². The fraction of sp³-hybridized carbons (Fsp3) is 0.949. The Morgan fingerprint density at radius 1 is 0.289 bits per heavy atom. The second-order valence-electron chi connectivity index (χ2n) is 29.5. The topological polar surface area (TPSA) is 237 Å². The van der Waals surface area contributed by atoms with Crippen LogP contribution in [0.3, 0.4) is 0 Å². The summed E-state index contributed by atoms with van der Waals surface area (Å²) in [6, 6.07) is 0. The molecule has 0 spiro atoms. The highest BCUT2D eigenvalue weighted by Crippen LogP contribution is 2.45. The van der Waals surface area contributed by atoms with Gasteiger partial charge in [-0.25, -0.2) is 9.13 Å². The molecule has 0 aliphatic heterocycles. The average molecular weight is 1420 g/mol. The van der Waals surface area contributed by atoms with Crippen molar-refractivity contribution < 1.29 is 80.2 Å². The second kappa shape index (κ2) is 67.2. The van der Waals surface area contributed by atoms with Crippen LogP contribution in [0.15, 0.2) is 0 Å². The summed E-state index contributed by atoms with van der Waals surface area (Å²) in [5.74, 6) is 0.972. The Hall–Kier alpha value is -1.94. The van der Waals surface area contributed by atoms with Crippen molar-refractivity contribution in [3.8, 4) is 0 Å². The van der Waals surface area contributed by atoms with Crippen molar-refractivity contribution in [2.75, 3.05) is 39.6 Å². The molecule has 576 valence electrons. The van der Waals surface area contributed by atoms with E-state index in [0.29, 0.717) is 25.7 Å². The van der Waals surface area contributed by atoms with Crippen LogP contribution in [0.25, 0.3) is 0 Å². The third-order valence-electron chi connectivity index (χ3n) is 18.8. The Labute approximate surface area is 594 Å². The van der Waals surface area contributed by atoms with Gasteiger partial charge in [-0.05, 0) is 49.4 Å². The normalized spacial score (nSPS) is 14.6. The lowest BCUT2D eigenvalue weighted by Crippen LogP contribution is -2.30. The molecule has 0 heterocycles. The van der Waals surface area contributed by atoms with Crippen LogP contribution in [0.1, 0.15) is 396 Å². The molecule has 17 nitrogen and oxygen atoms in total. The van der Waals surface area contributed by atoms with Crippen molar-refractivity contribution >= 4 is 39.5 Å². The van der Waals surface area contributed by atoms with Crippen LogP contribution in [0.4, 0.5) is 0 Å². The molecule has 0 rings (SSSR count). The minimum Gasteiger partial charge on any atom is -0.462 e. The van der Waals surface area contributed by atoms with Crippen LogP contribution in [0.5, 0.6) is 0 Å². The minimum atomic E-state index is -4.96. The van der Waals surface area contributed by atoms with Gasteiger partial charge in [0.1, 0.15) is 19.3 Å². The maximum Gasteiger partial charge on any atom is 0.472 e. The number of hydrogen-bond acceptors (Lipinski definition) is 15. The fourth-order valence-electron chi connectivity index (χ4n) is 11.8. The van der Waals surface area contributed by atoms with E-state index in [1.807, 2.05) is 0 Å². The van der Waals surface area contributed by atoms with E-state index in [0.717, 1.165) is 120 Å². The molecule has 19 heteroatoms. The number of aliphatic hydroxyl groups excluding tert-OH is 1. The first-order chi connectivity index (χ1) is 46.7. The zero-order valence-electron chi connectivity index (χ0n) is 63.7. The molecule has 0 aromatic carbocycles. The zero-order valence-corrected chi connectivity index (χ0v) is 65.5. The molecule has 0 fully saturated rings. The van der Waals surface area contributed by atoms with Crippen molar-refractivity contribution in [1.29, 1.82) is 0 Å². The van der Waals surface area contributed by atoms with E-state index in [1.54, 1.807) is 0 Å². The maximum absolute atomic E-state index is 13.1. The minimum absolute atomic E-state index is 0.105. The van der Waals surface area contributed by atoms with Crippen LogP contribution in [-0.4, -0.2) is 96.7 Å². The number of phosphoric ester groups is 2. The molecular formula is C78H152O17P2. The molecule has 7 atom stereocenters. The summed E-state index contributed by atoms with van der Waals surface area (Å²) >= 11 is 0. The molecule has 0 aromatic heterocycles. The molecule has 0 saturated heterocycles. The van der Waals surface area contributed by atoms with E-state index in [1.165, 1.54) is 193 Å². The first kappa shape index (κ1) is 95.1. The number of ether oxygens (including phenoxy) is 4. The van der Waals surface area contributed by atoms with Crippen LogP contribution in [0.2, 0.25) is 0 Å². The van der Waals surface area contributed by atoms with E-state index >= 15 is 0 Å². The summed E-state index contributed by atoms with van der Waals surface area (Å²) in [4.78, 5) is 72.8. The van der Waals surface area contributed by atoms with Gasteiger partial charge in [0, 0.05) is 25.7 Å². The van der Waals surface area contributed by atoms with Crippen molar-refractivity contribution in [2.24, 2.45) is 23.7 Å². The number of unbranched alkanes of at least 4 members (excludes halogenated alkanes) is 39. The number of rotatable bonds is 75. The quantitative estimate of drug-likeness (QED) is 0.0222. The maximum atomic E-state index is 13.1. The average Bonchev–Trinajstić information content (AvgIpc) is 2.10. The van der Waals surface area contributed by atoms with Gasteiger partial charge in [-0.1, -0.05) is 344 Å². The van der Waals surface area contributed by atoms with Crippen LogP contribution in [0, 0.1) is 23.7 Å². The number of hydrogen-bond donors (Lipinski definition) is 3. The number of phosphoric acid groups is 2. The van der Waals surface area contributed by atoms with Crippen molar-refractivity contribution in [2.45, 2.75) is 414 Å². The zero-order chi connectivity index (χ0) is 71.7. The highest BCUT2D eigenvalue weighted by Gasteiger charge is 2.30. The molecule has 3 N–H and O–H groups in total. The smallest absolute Gasteiger partial charge is 0.462 e. The van der Waals surface area contributed by atoms with Crippen molar-refractivity contribution in [3.63, 3.8) is 0 Å². The van der Waals surface area contributed by atoms with Gasteiger partial charge in [-0.15, -0.1) is 0 Å². The fourth-order valence-corrected chi connectivity index (χ4v) is 13.4. The van der Waals surface area contributed by atoms with Gasteiger partial charge >= 0.3 is 39.5 Å². The molecule has 0 radical (unpaired) electrons. The van der Waals surface area contributed by atoms with Gasteiger partial charge in [0.25, 0.3) is 0 Å². The van der Waals surface area contributed by atoms with E-state index in [-0.39, 0.29) is 25.7 Å². The number of esters is 4. The lowest BCUT2D eigenvalue weighted by Gasteiger charge is -2.21. The third-order valence-corrected chi connectivity index (χ3v) is 20.7. The molecule has 4 unspecified atom stereocenters. The van der Waals surface area contributed by atoms with E-state index in [9.17, 15) is 43.2 Å². The standard InChI is InChI=1S/C78H152O17P2/c1-9-70(7)56-48-40-32-25-21-17-15-13-11-12-14-16-18-22-26-34-44-52-60-77(82)95-74(65-89-76(81)59-51-43-37-36-41-49-57-71(8)10-2)67-93-97(86,87)91-63-72(79)62-90-96(84,85)92-66-73(64-88-75(80)58-50-42-33-29-28-31-39-47-55-69(5)6)94-78(83)61-53-45-35-27-23-19-20-24-30-38-46-54-68(3)4/h68-74,79H,9-67H2,1-8H3,(H,84,85)(H,86,87)/t70?,71?,72-,73-,74-/m1/s1. The predicted molar refractivity (Wildman–Crippen MR) is 395 cm³/mol. The highest BCUT2D eigenvalue weighted by atomic mass is 31.2. The van der Waals surface area contributed by atoms with Crippen LogP contribution < -0.4 is 0 Å². The first-order valence-electron chi connectivity index (χ1n) is 40.3. The third kappa shape index (κ3) is 69.5. The van der Waals surface area contributed by atoms with E-state index in [4.69, 9.17) is 37.0 Å². The molecule has 0 amide bonds. The summed E-state index contributed by atoms with van der Waals surface area (Å²) in [5, 5.41) is 10.6. The summed E-state index contributed by atoms with van der Waals surface area (Å²) in [6.45, 7) is 14.2. The van der Waals surface area contributed by atoms with Crippen molar-refractivity contribution in [1.82, 2.24) is 0 Å². The molecule has 0 aromatic rings. The number of carbonyl (C=O) groups is 4. The Bertz CT molecular complexity index is 1910. The van der Waals surface area contributed by atoms with Gasteiger partial charge in [0.15, 0.2) is 12.2 Å². The van der Waals surface area contributed by atoms with Gasteiger partial charge in [0.05, 0.1) is 26.4 Å². The van der Waals surface area contributed by atoms with Gasteiger partial charge in [-0.3, -0.25) is 37.3 Å². The number of aliphatic hydroxyl groups is 1. The predicted octanol–water partition coefficient (Wildman–Crippen LogP) is 22.8. The second-order valence-corrected chi connectivity index (χ2v) is 32.4. The largest absolute Gasteiger partial charge is 0.472 e. The van der Waals surface area contributed by atoms with Crippen molar-refractivity contribution in [3.05, 3.63) is 0 Å². The Morgan fingerprint density at radius 2 is 0.495 bits per heavy atom. The molecular weight excluding hydrogens is 1270 g/mol. The summed E-state index contributed by atoms with van der Waals surface area (Å²) in [5.41, 5.74) is 0. The lowest BCUT2D eigenvalue weighted by atomic mass is 9.99. The molecule has 0 aliphatic carbocycles. The summed E-state index contributed by atoms with van der Waals surface area (Å²) in [7, 11) is -9.92. The van der Waals surface area contributed by atoms with E-state index < -0.39 is 97.5 Å². The molecule has 0 saturated carbocycles. The monoisotopic (exact) mass is 1420 g/mol. The SMILES string of the molecule is CCC(C)CCCCCCCCCCCCCCCCCCCCC(=O)O[C@H](COC(=O)CCCCCCCCC(C)CC)COP(=O)(O)OC[C@H](O)COP(=O)(O)OC[C@@H](COC(=O)CCCCCCCCCCC(C)C)OC(=O)CCCCCCCCCCCCCC(C)C. The van der Waals surface area contributed by atoms with Crippen LogP contribution in [-0.2, 0) is 65.4 Å².